The van der Waals surface area contributed by atoms with Gasteiger partial charge in [-0.05, 0) is 32.9 Å². The maximum atomic E-state index is 12.8. The van der Waals surface area contributed by atoms with Gasteiger partial charge in [-0.1, -0.05) is 11.6 Å². The molecule has 0 radical (unpaired) electrons. The second-order valence-electron chi connectivity index (χ2n) is 6.65. The van der Waals surface area contributed by atoms with Crippen LogP contribution < -0.4 is 5.32 Å². The van der Waals surface area contributed by atoms with Crippen LogP contribution in [0.2, 0.25) is 5.02 Å². The topological polar surface area (TPSA) is 53.4 Å². The van der Waals surface area contributed by atoms with Gasteiger partial charge in [0.15, 0.2) is 5.69 Å². The first-order valence-electron chi connectivity index (χ1n) is 8.13. The quantitative estimate of drug-likeness (QED) is 0.836. The van der Waals surface area contributed by atoms with Gasteiger partial charge in [-0.15, -0.1) is 0 Å². The molecule has 1 amide bonds. The number of hydrogen-bond donors (Lipinski definition) is 1. The average Bonchev–Trinajstić information content (AvgIpc) is 2.66. The molecule has 1 aromatic rings. The molecule has 1 N–H and O–H groups in total. The van der Waals surface area contributed by atoms with E-state index in [9.17, 15) is 4.79 Å². The molecule has 22 heavy (non-hydrogen) atoms. The van der Waals surface area contributed by atoms with Crippen molar-refractivity contribution in [3.8, 4) is 0 Å². The summed E-state index contributed by atoms with van der Waals surface area (Å²) in [6.07, 6.45) is 3.24. The molecule has 6 nitrogen and oxygen atoms in total. The Balaban J connectivity index is 1.58. The zero-order valence-corrected chi connectivity index (χ0v) is 13.6. The molecular formula is C15H22ClN5O. The summed E-state index contributed by atoms with van der Waals surface area (Å²) >= 11 is 6.50. The van der Waals surface area contributed by atoms with Crippen molar-refractivity contribution in [2.75, 3.05) is 26.7 Å². The van der Waals surface area contributed by atoms with E-state index in [1.54, 1.807) is 0 Å². The molecule has 2 saturated heterocycles. The first-order chi connectivity index (χ1) is 10.6. The third-order valence-electron chi connectivity index (χ3n) is 5.13. The molecule has 3 aliphatic rings. The number of hydrogen-bond acceptors (Lipinski definition) is 4. The molecule has 2 atom stereocenters. The summed E-state index contributed by atoms with van der Waals surface area (Å²) in [5.41, 5.74) is 1.42. The Bertz CT molecular complexity index is 601. The van der Waals surface area contributed by atoms with Crippen LogP contribution in [0.1, 0.15) is 35.4 Å². The minimum absolute atomic E-state index is 0.00169. The summed E-state index contributed by atoms with van der Waals surface area (Å²) in [6.45, 7) is 4.47. The number of likely N-dealkylation sites (tertiary alicyclic amines) is 1. The van der Waals surface area contributed by atoms with E-state index in [-0.39, 0.29) is 5.91 Å². The first-order valence-corrected chi connectivity index (χ1v) is 8.51. The van der Waals surface area contributed by atoms with Gasteiger partial charge in [0.2, 0.25) is 0 Å². The molecular weight excluding hydrogens is 302 g/mol. The third kappa shape index (κ3) is 2.25. The molecule has 3 aliphatic heterocycles. The highest BCUT2D eigenvalue weighted by atomic mass is 35.5. The Morgan fingerprint density at radius 3 is 3.05 bits per heavy atom. The van der Waals surface area contributed by atoms with Gasteiger partial charge in [0.05, 0.1) is 10.7 Å². The van der Waals surface area contributed by atoms with E-state index in [1.807, 2.05) is 9.58 Å². The predicted octanol–water partition coefficient (Wildman–Crippen LogP) is 0.948. The number of piperidine rings is 1. The SMILES string of the molecule is CN1CCCn2nc(C(=O)N3CC4NCCCC43)c(Cl)c2C1. The highest BCUT2D eigenvalue weighted by Crippen LogP contribution is 2.31. The largest absolute Gasteiger partial charge is 0.331 e. The number of amides is 1. The molecule has 2 fully saturated rings. The molecule has 4 heterocycles. The van der Waals surface area contributed by atoms with Gasteiger partial charge in [-0.25, -0.2) is 0 Å². The second kappa shape index (κ2) is 5.51. The summed E-state index contributed by atoms with van der Waals surface area (Å²) in [5.74, 6) is -0.00169. The van der Waals surface area contributed by atoms with Crippen molar-refractivity contribution < 1.29 is 4.79 Å². The third-order valence-corrected chi connectivity index (χ3v) is 5.52. The van der Waals surface area contributed by atoms with Crippen molar-refractivity contribution in [3.63, 3.8) is 0 Å². The molecule has 0 aromatic carbocycles. The number of nitrogens with zero attached hydrogens (tertiary/aromatic N) is 4. The Kier molecular flexibility index (Phi) is 3.63. The first kappa shape index (κ1) is 14.5. The van der Waals surface area contributed by atoms with Crippen LogP contribution in [0.15, 0.2) is 0 Å². The van der Waals surface area contributed by atoms with E-state index in [1.165, 1.54) is 0 Å². The number of aryl methyl sites for hydroxylation is 1. The molecule has 2 unspecified atom stereocenters. The fraction of sp³-hybridized carbons (Fsp3) is 0.733. The minimum Gasteiger partial charge on any atom is -0.331 e. The van der Waals surface area contributed by atoms with E-state index in [2.05, 4.69) is 22.4 Å². The lowest BCUT2D eigenvalue weighted by atomic mass is 9.88. The lowest BCUT2D eigenvalue weighted by Gasteiger charge is -2.50. The van der Waals surface area contributed by atoms with Crippen molar-refractivity contribution in [1.82, 2.24) is 24.9 Å². The lowest BCUT2D eigenvalue weighted by molar-refractivity contribution is 0.0168. The number of rotatable bonds is 1. The van der Waals surface area contributed by atoms with E-state index in [0.717, 1.165) is 57.7 Å². The summed E-state index contributed by atoms with van der Waals surface area (Å²) in [4.78, 5) is 17.0. The number of fused-ring (bicyclic) bond motifs is 2. The Morgan fingerprint density at radius 1 is 1.36 bits per heavy atom. The normalized spacial score (nSPS) is 28.5. The minimum atomic E-state index is -0.00169. The molecule has 1 aromatic heterocycles. The second-order valence-corrected chi connectivity index (χ2v) is 7.03. The van der Waals surface area contributed by atoms with Crippen LogP contribution in [-0.4, -0.2) is 64.3 Å². The van der Waals surface area contributed by atoms with Crippen LogP contribution in [0.5, 0.6) is 0 Å². The van der Waals surface area contributed by atoms with Crippen molar-refractivity contribution in [2.24, 2.45) is 0 Å². The Hall–Kier alpha value is -1.11. The van der Waals surface area contributed by atoms with Crippen LogP contribution in [0.4, 0.5) is 0 Å². The summed E-state index contributed by atoms with van der Waals surface area (Å²) in [6, 6.07) is 0.782. The van der Waals surface area contributed by atoms with E-state index >= 15 is 0 Å². The molecule has 0 aliphatic carbocycles. The van der Waals surface area contributed by atoms with Gasteiger partial charge in [0.1, 0.15) is 0 Å². The van der Waals surface area contributed by atoms with Gasteiger partial charge in [-0.2, -0.15) is 5.10 Å². The van der Waals surface area contributed by atoms with Crippen molar-refractivity contribution in [2.45, 2.75) is 44.4 Å². The monoisotopic (exact) mass is 323 g/mol. The molecule has 120 valence electrons. The number of carbonyl (C=O) groups is 1. The highest BCUT2D eigenvalue weighted by molar-refractivity contribution is 6.34. The van der Waals surface area contributed by atoms with Gasteiger partial charge < -0.3 is 15.1 Å². The average molecular weight is 324 g/mol. The highest BCUT2D eigenvalue weighted by Gasteiger charge is 2.44. The van der Waals surface area contributed by atoms with Crippen LogP contribution >= 0.6 is 11.6 Å². The number of carbonyl (C=O) groups excluding carboxylic acids is 1. The molecule has 7 heteroatoms. The summed E-state index contributed by atoms with van der Waals surface area (Å²) < 4.78 is 1.93. The van der Waals surface area contributed by atoms with E-state index in [4.69, 9.17) is 11.6 Å². The zero-order valence-electron chi connectivity index (χ0n) is 12.9. The standard InChI is InChI=1S/C15H22ClN5O/c1-19-6-3-7-21-12(9-19)13(16)14(18-21)15(22)20-8-10-11(20)4-2-5-17-10/h10-11,17H,2-9H2,1H3. The summed E-state index contributed by atoms with van der Waals surface area (Å²) in [7, 11) is 2.08. The van der Waals surface area contributed by atoms with Crippen molar-refractivity contribution in [1.29, 1.82) is 0 Å². The number of halogens is 1. The van der Waals surface area contributed by atoms with Crippen LogP contribution in [0.3, 0.4) is 0 Å². The van der Waals surface area contributed by atoms with Crippen LogP contribution in [0, 0.1) is 0 Å². The maximum absolute atomic E-state index is 12.8. The van der Waals surface area contributed by atoms with Gasteiger partial charge >= 0.3 is 0 Å². The number of nitrogens with one attached hydrogen (secondary N) is 1. The van der Waals surface area contributed by atoms with Gasteiger partial charge in [0.25, 0.3) is 5.91 Å². The Labute approximate surface area is 135 Å². The smallest absolute Gasteiger partial charge is 0.276 e. The van der Waals surface area contributed by atoms with E-state index in [0.29, 0.717) is 22.8 Å². The molecule has 0 spiro atoms. The fourth-order valence-corrected chi connectivity index (χ4v) is 4.12. The maximum Gasteiger partial charge on any atom is 0.276 e. The van der Waals surface area contributed by atoms with Gasteiger partial charge in [0, 0.05) is 38.3 Å². The fourth-order valence-electron chi connectivity index (χ4n) is 3.85. The summed E-state index contributed by atoms with van der Waals surface area (Å²) in [5, 5.41) is 8.55. The van der Waals surface area contributed by atoms with Crippen LogP contribution in [0.25, 0.3) is 0 Å². The predicted molar refractivity (Wildman–Crippen MR) is 84.0 cm³/mol. The van der Waals surface area contributed by atoms with Crippen molar-refractivity contribution >= 4 is 17.5 Å². The van der Waals surface area contributed by atoms with Crippen LogP contribution in [-0.2, 0) is 13.1 Å². The Morgan fingerprint density at radius 2 is 2.23 bits per heavy atom. The molecule has 0 saturated carbocycles. The number of aromatic nitrogens is 2. The van der Waals surface area contributed by atoms with E-state index < -0.39 is 0 Å². The van der Waals surface area contributed by atoms with Crippen molar-refractivity contribution in [3.05, 3.63) is 16.4 Å². The van der Waals surface area contributed by atoms with Gasteiger partial charge in [-0.3, -0.25) is 9.48 Å². The molecule has 4 rings (SSSR count). The lowest BCUT2D eigenvalue weighted by Crippen LogP contribution is -2.69. The zero-order chi connectivity index (χ0) is 15.3. The molecule has 0 bridgehead atoms.